The van der Waals surface area contributed by atoms with Gasteiger partial charge in [-0.15, -0.1) is 13.2 Å². The van der Waals surface area contributed by atoms with Crippen LogP contribution in [-0.2, 0) is 0 Å². The molecular formula is C24H24F3N5O4. The van der Waals surface area contributed by atoms with Gasteiger partial charge in [0.15, 0.2) is 5.82 Å². The molecule has 1 saturated carbocycles. The zero-order valence-corrected chi connectivity index (χ0v) is 19.3. The lowest BCUT2D eigenvalue weighted by Gasteiger charge is -2.29. The number of carbonyl (C=O) groups is 1. The largest absolute Gasteiger partial charge is 0.573 e. The van der Waals surface area contributed by atoms with Crippen molar-refractivity contribution < 1.29 is 32.2 Å². The Labute approximate surface area is 205 Å². The lowest BCUT2D eigenvalue weighted by atomic mass is 9.93. The number of urea groups is 1. The first-order valence-electron chi connectivity index (χ1n) is 11.2. The van der Waals surface area contributed by atoms with Crippen molar-refractivity contribution in [2.24, 2.45) is 0 Å². The molecule has 0 radical (unpaired) electrons. The van der Waals surface area contributed by atoms with Crippen LogP contribution in [-0.4, -0.2) is 46.6 Å². The third kappa shape index (κ3) is 6.96. The fraction of sp³-hybridized carbons (Fsp3) is 0.333. The average Bonchev–Trinajstić information content (AvgIpc) is 2.85. The molecule has 9 nitrogen and oxygen atoms in total. The number of carbonyl (C=O) groups excluding carboxylic acids is 1. The summed E-state index contributed by atoms with van der Waals surface area (Å²) >= 11 is 0. The lowest BCUT2D eigenvalue weighted by molar-refractivity contribution is -0.274. The molecule has 0 atom stereocenters. The highest BCUT2D eigenvalue weighted by atomic mass is 19.4. The van der Waals surface area contributed by atoms with Crippen molar-refractivity contribution in [3.8, 4) is 28.8 Å². The molecule has 2 N–H and O–H groups in total. The number of nitrogens with zero attached hydrogens (tertiary/aromatic N) is 3. The number of benzene rings is 1. The molecule has 2 amide bonds. The number of pyridine rings is 1. The van der Waals surface area contributed by atoms with Crippen LogP contribution in [0.3, 0.4) is 0 Å². The minimum absolute atomic E-state index is 0.0574. The Balaban J connectivity index is 1.28. The van der Waals surface area contributed by atoms with Gasteiger partial charge in [-0.25, -0.2) is 9.78 Å². The van der Waals surface area contributed by atoms with E-state index in [9.17, 15) is 18.0 Å². The van der Waals surface area contributed by atoms with Crippen molar-refractivity contribution in [1.82, 2.24) is 20.3 Å². The highest BCUT2D eigenvalue weighted by molar-refractivity contribution is 5.91. The highest BCUT2D eigenvalue weighted by Crippen LogP contribution is 2.32. The molecule has 12 heteroatoms. The lowest BCUT2D eigenvalue weighted by Crippen LogP contribution is -2.41. The van der Waals surface area contributed by atoms with Gasteiger partial charge in [-0.3, -0.25) is 4.98 Å². The predicted octanol–water partition coefficient (Wildman–Crippen LogP) is 4.96. The van der Waals surface area contributed by atoms with E-state index in [-0.39, 0.29) is 23.6 Å². The van der Waals surface area contributed by atoms with Gasteiger partial charge in [0, 0.05) is 42.3 Å². The first kappa shape index (κ1) is 25.0. The molecule has 0 spiro atoms. The molecule has 2 aromatic heterocycles. The van der Waals surface area contributed by atoms with Crippen LogP contribution in [0.2, 0.25) is 0 Å². The Hall–Kier alpha value is -4.09. The smallest absolute Gasteiger partial charge is 0.495 e. The quantitative estimate of drug-likeness (QED) is 0.469. The minimum Gasteiger partial charge on any atom is -0.495 e. The van der Waals surface area contributed by atoms with Crippen molar-refractivity contribution in [3.05, 3.63) is 55.0 Å². The molecular weight excluding hydrogens is 479 g/mol. The van der Waals surface area contributed by atoms with Crippen LogP contribution in [0.5, 0.6) is 17.4 Å². The summed E-state index contributed by atoms with van der Waals surface area (Å²) in [5.74, 6) is 0.721. The van der Waals surface area contributed by atoms with Gasteiger partial charge in [0.05, 0.1) is 12.8 Å². The van der Waals surface area contributed by atoms with Crippen molar-refractivity contribution in [3.63, 3.8) is 0 Å². The normalized spacial score (nSPS) is 17.7. The van der Waals surface area contributed by atoms with Crippen LogP contribution in [0.15, 0.2) is 55.0 Å². The van der Waals surface area contributed by atoms with Crippen LogP contribution in [0.25, 0.3) is 11.4 Å². The molecule has 4 rings (SSSR count). The Morgan fingerprint density at radius 3 is 2.58 bits per heavy atom. The second kappa shape index (κ2) is 11.1. The van der Waals surface area contributed by atoms with Gasteiger partial charge in [0.25, 0.3) is 0 Å². The Morgan fingerprint density at radius 1 is 1.08 bits per heavy atom. The molecule has 0 saturated heterocycles. The molecule has 0 unspecified atom stereocenters. The number of rotatable bonds is 7. The number of hydrogen-bond acceptors (Lipinski definition) is 7. The van der Waals surface area contributed by atoms with Crippen molar-refractivity contribution >= 4 is 11.7 Å². The number of methoxy groups -OCH3 is 1. The van der Waals surface area contributed by atoms with Gasteiger partial charge in [0.2, 0.25) is 5.88 Å². The SMILES string of the molecule is COc1ccc(OC(F)(F)F)cc1NC(=O)N[C@H]1CC[C@H](Oc2ccnc(-c3cccnc3)n2)CC1. The first-order chi connectivity index (χ1) is 17.3. The van der Waals surface area contributed by atoms with E-state index in [1.54, 1.807) is 30.7 Å². The summed E-state index contributed by atoms with van der Waals surface area (Å²) < 4.78 is 52.6. The number of aromatic nitrogens is 3. The van der Waals surface area contributed by atoms with Gasteiger partial charge in [-0.05, 0) is 49.9 Å². The van der Waals surface area contributed by atoms with E-state index in [1.807, 2.05) is 6.07 Å². The zero-order chi connectivity index (χ0) is 25.5. The maximum absolute atomic E-state index is 12.5. The molecule has 2 heterocycles. The fourth-order valence-electron chi connectivity index (χ4n) is 3.86. The summed E-state index contributed by atoms with van der Waals surface area (Å²) in [6, 6.07) is 8.13. The average molecular weight is 503 g/mol. The number of hydrogen-bond donors (Lipinski definition) is 2. The summed E-state index contributed by atoms with van der Waals surface area (Å²) in [5, 5.41) is 5.38. The molecule has 3 aromatic rings. The fourth-order valence-corrected chi connectivity index (χ4v) is 3.86. The molecule has 0 bridgehead atoms. The Kier molecular flexibility index (Phi) is 7.71. The Morgan fingerprint density at radius 2 is 1.89 bits per heavy atom. The molecule has 190 valence electrons. The second-order valence-corrected chi connectivity index (χ2v) is 8.06. The molecule has 1 aromatic carbocycles. The number of anilines is 1. The number of alkyl halides is 3. The van der Waals surface area contributed by atoms with Gasteiger partial charge in [-0.1, -0.05) is 0 Å². The predicted molar refractivity (Wildman–Crippen MR) is 124 cm³/mol. The van der Waals surface area contributed by atoms with Crippen LogP contribution in [0.1, 0.15) is 25.7 Å². The number of nitrogens with one attached hydrogen (secondary N) is 2. The van der Waals surface area contributed by atoms with E-state index in [0.29, 0.717) is 37.4 Å². The van der Waals surface area contributed by atoms with E-state index < -0.39 is 18.1 Å². The van der Waals surface area contributed by atoms with E-state index >= 15 is 0 Å². The molecule has 1 aliphatic rings. The summed E-state index contributed by atoms with van der Waals surface area (Å²) in [6.07, 6.45) is 2.76. The summed E-state index contributed by atoms with van der Waals surface area (Å²) in [7, 11) is 1.35. The van der Waals surface area contributed by atoms with Crippen molar-refractivity contribution in [1.29, 1.82) is 0 Å². The maximum atomic E-state index is 12.5. The van der Waals surface area contributed by atoms with Crippen LogP contribution in [0.4, 0.5) is 23.7 Å². The molecule has 1 fully saturated rings. The van der Waals surface area contributed by atoms with Gasteiger partial charge in [-0.2, -0.15) is 4.98 Å². The first-order valence-corrected chi connectivity index (χ1v) is 11.2. The standard InChI is InChI=1S/C24H24F3N5O4/c1-34-20-9-8-18(36-24(25,26)27)13-19(20)31-23(33)30-16-4-6-17(7-5-16)35-21-10-12-29-22(32-21)15-3-2-11-28-14-15/h2-3,8-14,16-17H,4-7H2,1H3,(H2,30,31,33)/t16-,17-. The number of ether oxygens (including phenoxy) is 3. The van der Waals surface area contributed by atoms with Crippen LogP contribution < -0.4 is 24.8 Å². The second-order valence-electron chi connectivity index (χ2n) is 8.06. The molecule has 36 heavy (non-hydrogen) atoms. The monoisotopic (exact) mass is 503 g/mol. The third-order valence-electron chi connectivity index (χ3n) is 5.50. The summed E-state index contributed by atoms with van der Waals surface area (Å²) in [5.41, 5.74) is 0.843. The van der Waals surface area contributed by atoms with Crippen molar-refractivity contribution in [2.45, 2.75) is 44.2 Å². The van der Waals surface area contributed by atoms with E-state index in [1.165, 1.54) is 13.2 Å². The maximum Gasteiger partial charge on any atom is 0.573 e. The van der Waals surface area contributed by atoms with Gasteiger partial charge >= 0.3 is 12.4 Å². The summed E-state index contributed by atoms with van der Waals surface area (Å²) in [4.78, 5) is 25.3. The van der Waals surface area contributed by atoms with E-state index in [0.717, 1.165) is 17.7 Å². The van der Waals surface area contributed by atoms with Gasteiger partial charge < -0.3 is 24.8 Å². The van der Waals surface area contributed by atoms with E-state index in [2.05, 4.69) is 30.3 Å². The van der Waals surface area contributed by atoms with Crippen LogP contribution in [0, 0.1) is 0 Å². The molecule has 1 aliphatic carbocycles. The van der Waals surface area contributed by atoms with Crippen LogP contribution >= 0.6 is 0 Å². The number of amides is 2. The summed E-state index contributed by atoms with van der Waals surface area (Å²) in [6.45, 7) is 0. The zero-order valence-electron chi connectivity index (χ0n) is 19.3. The minimum atomic E-state index is -4.85. The Bertz CT molecular complexity index is 1170. The number of halogens is 3. The topological polar surface area (TPSA) is 107 Å². The highest BCUT2D eigenvalue weighted by Gasteiger charge is 2.31. The van der Waals surface area contributed by atoms with E-state index in [4.69, 9.17) is 9.47 Å². The third-order valence-corrected chi connectivity index (χ3v) is 5.50. The molecule has 0 aliphatic heterocycles. The van der Waals surface area contributed by atoms with Gasteiger partial charge in [0.1, 0.15) is 17.6 Å². The van der Waals surface area contributed by atoms with Crippen molar-refractivity contribution in [2.75, 3.05) is 12.4 Å².